The molecule has 1 aliphatic heterocycles. The summed E-state index contributed by atoms with van der Waals surface area (Å²) in [6, 6.07) is 16.2. The summed E-state index contributed by atoms with van der Waals surface area (Å²) in [7, 11) is -3.41. The normalized spacial score (nSPS) is 14.9. The molecule has 1 fully saturated rings. The van der Waals surface area contributed by atoms with Gasteiger partial charge >= 0.3 is 0 Å². The van der Waals surface area contributed by atoms with Crippen LogP contribution in [0.4, 0.5) is 5.69 Å². The highest BCUT2D eigenvalue weighted by Gasteiger charge is 2.23. The third kappa shape index (κ3) is 6.57. The van der Waals surface area contributed by atoms with Gasteiger partial charge in [0.1, 0.15) is 0 Å². The second kappa shape index (κ2) is 9.73. The minimum absolute atomic E-state index is 0.0434. The summed E-state index contributed by atoms with van der Waals surface area (Å²) >= 11 is 0. The highest BCUT2D eigenvalue weighted by Crippen LogP contribution is 2.15. The Morgan fingerprint density at radius 3 is 2.33 bits per heavy atom. The Labute approximate surface area is 176 Å². The summed E-state index contributed by atoms with van der Waals surface area (Å²) in [6.07, 6.45) is 1.07. The fourth-order valence-electron chi connectivity index (χ4n) is 3.28. The number of carbonyl (C=O) groups is 2. The lowest BCUT2D eigenvalue weighted by molar-refractivity contribution is -0.122. The number of hydrogen-bond acceptors (Lipinski definition) is 5. The Morgan fingerprint density at radius 2 is 1.67 bits per heavy atom. The molecule has 0 saturated carbocycles. The van der Waals surface area contributed by atoms with Gasteiger partial charge in [0.25, 0.3) is 5.91 Å². The summed E-state index contributed by atoms with van der Waals surface area (Å²) < 4.78 is 25.2. The second-order valence-corrected chi connectivity index (χ2v) is 9.03. The van der Waals surface area contributed by atoms with Gasteiger partial charge in [0.05, 0.1) is 12.8 Å². The molecule has 0 atom stereocenters. The molecular weight excluding hydrogens is 404 g/mol. The monoisotopic (exact) mass is 430 g/mol. The van der Waals surface area contributed by atoms with E-state index in [1.165, 1.54) is 6.07 Å². The molecule has 3 rings (SSSR count). The predicted octanol–water partition coefficient (Wildman–Crippen LogP) is 1.13. The van der Waals surface area contributed by atoms with E-state index in [0.29, 0.717) is 50.5 Å². The third-order valence-corrected chi connectivity index (χ3v) is 5.38. The molecule has 0 unspecified atom stereocenters. The van der Waals surface area contributed by atoms with Crippen molar-refractivity contribution in [3.05, 3.63) is 65.7 Å². The fraction of sp³-hybridized carbons (Fsp3) is 0.333. The van der Waals surface area contributed by atoms with Gasteiger partial charge in [-0.05, 0) is 23.8 Å². The number of rotatable bonds is 7. The smallest absolute Gasteiger partial charge is 0.254 e. The van der Waals surface area contributed by atoms with E-state index in [-0.39, 0.29) is 11.8 Å². The lowest BCUT2D eigenvalue weighted by Gasteiger charge is -2.34. The molecule has 0 aromatic heterocycles. The molecule has 1 heterocycles. The SMILES string of the molecule is CS(=O)(=O)Nc1cccc(C(=O)N2CCN(CC(=O)NCc3ccccc3)CC2)c1. The number of piperazine rings is 1. The van der Waals surface area contributed by atoms with Crippen LogP contribution in [0.5, 0.6) is 0 Å². The van der Waals surface area contributed by atoms with E-state index in [0.717, 1.165) is 11.8 Å². The molecule has 8 nitrogen and oxygen atoms in total. The number of carbonyl (C=O) groups excluding carboxylic acids is 2. The van der Waals surface area contributed by atoms with Crippen LogP contribution in [0.3, 0.4) is 0 Å². The molecule has 0 bridgehead atoms. The van der Waals surface area contributed by atoms with Crippen molar-refractivity contribution >= 4 is 27.5 Å². The number of amides is 2. The van der Waals surface area contributed by atoms with Gasteiger partial charge in [-0.2, -0.15) is 0 Å². The summed E-state index contributed by atoms with van der Waals surface area (Å²) in [5.74, 6) is -0.196. The molecule has 0 radical (unpaired) electrons. The van der Waals surface area contributed by atoms with Gasteiger partial charge < -0.3 is 10.2 Å². The first-order valence-corrected chi connectivity index (χ1v) is 11.6. The third-order valence-electron chi connectivity index (χ3n) is 4.77. The van der Waals surface area contributed by atoms with Crippen molar-refractivity contribution in [3.8, 4) is 0 Å². The van der Waals surface area contributed by atoms with Crippen molar-refractivity contribution in [3.63, 3.8) is 0 Å². The molecule has 160 valence electrons. The average molecular weight is 431 g/mol. The van der Waals surface area contributed by atoms with Crippen molar-refractivity contribution in [1.29, 1.82) is 0 Å². The molecular formula is C21H26N4O4S. The van der Waals surface area contributed by atoms with Crippen LogP contribution in [-0.2, 0) is 21.4 Å². The topological polar surface area (TPSA) is 98.8 Å². The number of benzene rings is 2. The predicted molar refractivity (Wildman–Crippen MR) is 116 cm³/mol. The van der Waals surface area contributed by atoms with Crippen molar-refractivity contribution in [2.45, 2.75) is 6.54 Å². The van der Waals surface area contributed by atoms with Crippen molar-refractivity contribution in [1.82, 2.24) is 15.1 Å². The Morgan fingerprint density at radius 1 is 0.967 bits per heavy atom. The number of anilines is 1. The van der Waals surface area contributed by atoms with E-state index in [2.05, 4.69) is 10.0 Å². The van der Waals surface area contributed by atoms with Gasteiger partial charge in [-0.15, -0.1) is 0 Å². The maximum absolute atomic E-state index is 12.8. The molecule has 0 aliphatic carbocycles. The van der Waals surface area contributed by atoms with Crippen LogP contribution < -0.4 is 10.0 Å². The van der Waals surface area contributed by atoms with E-state index in [4.69, 9.17) is 0 Å². The lowest BCUT2D eigenvalue weighted by atomic mass is 10.1. The summed E-state index contributed by atoms with van der Waals surface area (Å²) in [5.41, 5.74) is 1.84. The van der Waals surface area contributed by atoms with Crippen molar-refractivity contribution < 1.29 is 18.0 Å². The zero-order chi connectivity index (χ0) is 21.6. The number of hydrogen-bond donors (Lipinski definition) is 2. The maximum Gasteiger partial charge on any atom is 0.254 e. The summed E-state index contributed by atoms with van der Waals surface area (Å²) in [5, 5.41) is 2.91. The van der Waals surface area contributed by atoms with Crippen LogP contribution in [-0.4, -0.2) is 69.0 Å². The zero-order valence-corrected chi connectivity index (χ0v) is 17.7. The van der Waals surface area contributed by atoms with Crippen LogP contribution in [0.15, 0.2) is 54.6 Å². The number of sulfonamides is 1. The van der Waals surface area contributed by atoms with Crippen LogP contribution in [0, 0.1) is 0 Å². The van der Waals surface area contributed by atoms with Crippen molar-refractivity contribution in [2.75, 3.05) is 43.7 Å². The van der Waals surface area contributed by atoms with Gasteiger partial charge in [-0.25, -0.2) is 8.42 Å². The minimum atomic E-state index is -3.41. The molecule has 2 amide bonds. The average Bonchev–Trinajstić information content (AvgIpc) is 2.72. The first-order valence-electron chi connectivity index (χ1n) is 9.70. The van der Waals surface area contributed by atoms with E-state index in [1.54, 1.807) is 23.1 Å². The zero-order valence-electron chi connectivity index (χ0n) is 16.9. The molecule has 2 aromatic rings. The minimum Gasteiger partial charge on any atom is -0.351 e. The fourth-order valence-corrected chi connectivity index (χ4v) is 3.83. The molecule has 30 heavy (non-hydrogen) atoms. The number of nitrogens with zero attached hydrogens (tertiary/aromatic N) is 2. The van der Waals surface area contributed by atoms with E-state index >= 15 is 0 Å². The molecule has 2 N–H and O–H groups in total. The van der Waals surface area contributed by atoms with Gasteiger partial charge in [0.2, 0.25) is 15.9 Å². The highest BCUT2D eigenvalue weighted by atomic mass is 32.2. The number of nitrogens with one attached hydrogen (secondary N) is 2. The van der Waals surface area contributed by atoms with E-state index < -0.39 is 10.0 Å². The standard InChI is InChI=1S/C21H26N4O4S/c1-30(28,29)23-19-9-5-8-18(14-19)21(27)25-12-10-24(11-13-25)16-20(26)22-15-17-6-3-2-4-7-17/h2-9,14,23H,10-13,15-16H2,1H3,(H,22,26). The summed E-state index contributed by atoms with van der Waals surface area (Å²) in [6.45, 7) is 3.01. The molecule has 2 aromatic carbocycles. The maximum atomic E-state index is 12.8. The molecule has 0 spiro atoms. The van der Waals surface area contributed by atoms with Crippen molar-refractivity contribution in [2.24, 2.45) is 0 Å². The molecule has 1 saturated heterocycles. The lowest BCUT2D eigenvalue weighted by Crippen LogP contribution is -2.51. The largest absolute Gasteiger partial charge is 0.351 e. The molecule has 1 aliphatic rings. The van der Waals surface area contributed by atoms with Crippen LogP contribution in [0.2, 0.25) is 0 Å². The highest BCUT2D eigenvalue weighted by molar-refractivity contribution is 7.92. The summed E-state index contributed by atoms with van der Waals surface area (Å²) in [4.78, 5) is 28.7. The molecule has 9 heteroatoms. The quantitative estimate of drug-likeness (QED) is 0.686. The Kier molecular flexibility index (Phi) is 7.07. The second-order valence-electron chi connectivity index (χ2n) is 7.29. The Bertz CT molecular complexity index is 987. The Hall–Kier alpha value is -2.91. The van der Waals surface area contributed by atoms with Gasteiger partial charge in [-0.1, -0.05) is 36.4 Å². The van der Waals surface area contributed by atoms with Gasteiger partial charge in [0, 0.05) is 44.0 Å². The first kappa shape index (κ1) is 21.8. The van der Waals surface area contributed by atoms with Gasteiger partial charge in [0.15, 0.2) is 0 Å². The first-order chi connectivity index (χ1) is 14.3. The van der Waals surface area contributed by atoms with Gasteiger partial charge in [-0.3, -0.25) is 19.2 Å². The van der Waals surface area contributed by atoms with E-state index in [1.807, 2.05) is 35.2 Å². The van der Waals surface area contributed by atoms with Crippen LogP contribution in [0.25, 0.3) is 0 Å². The van der Waals surface area contributed by atoms with E-state index in [9.17, 15) is 18.0 Å². The van der Waals surface area contributed by atoms with Crippen LogP contribution in [0.1, 0.15) is 15.9 Å². The Balaban J connectivity index is 1.47. The van der Waals surface area contributed by atoms with Crippen LogP contribution >= 0.6 is 0 Å².